The number of amides is 3. The van der Waals surface area contributed by atoms with Crippen molar-refractivity contribution >= 4 is 27.7 Å². The molecule has 1 aromatic rings. The minimum atomic E-state index is -3.68. The molecular weight excluding hydrogens is 384 g/mol. The van der Waals surface area contributed by atoms with Crippen LogP contribution < -0.4 is 16.2 Å². The van der Waals surface area contributed by atoms with Crippen LogP contribution in [0.3, 0.4) is 0 Å². The molecule has 1 saturated carbocycles. The summed E-state index contributed by atoms with van der Waals surface area (Å²) in [6.07, 6.45) is 3.67. The summed E-state index contributed by atoms with van der Waals surface area (Å²) in [5.74, 6) is -1.46. The van der Waals surface area contributed by atoms with Gasteiger partial charge in [-0.25, -0.2) is 12.7 Å². The lowest BCUT2D eigenvalue weighted by atomic mass is 10.1. The first-order chi connectivity index (χ1) is 13.1. The van der Waals surface area contributed by atoms with Crippen LogP contribution >= 0.6 is 0 Å². The Morgan fingerprint density at radius 2 is 1.75 bits per heavy atom. The van der Waals surface area contributed by atoms with E-state index in [0.717, 1.165) is 30.0 Å². The Balaban J connectivity index is 1.92. The maximum absolute atomic E-state index is 12.2. The Kier molecular flexibility index (Phi) is 7.14. The molecule has 0 heterocycles. The maximum atomic E-state index is 12.2. The van der Waals surface area contributed by atoms with Crippen molar-refractivity contribution in [3.63, 3.8) is 0 Å². The van der Waals surface area contributed by atoms with Gasteiger partial charge >= 0.3 is 0 Å². The number of carbonyl (C=O) groups excluding carboxylic acids is 3. The van der Waals surface area contributed by atoms with Crippen LogP contribution in [0.1, 0.15) is 43.0 Å². The van der Waals surface area contributed by atoms with Gasteiger partial charge in [0.2, 0.25) is 15.9 Å². The summed E-state index contributed by atoms with van der Waals surface area (Å²) >= 11 is 0. The van der Waals surface area contributed by atoms with Gasteiger partial charge in [0, 0.05) is 25.6 Å². The SMILES string of the molecule is C[C@@H](NC(=O)C1CCCC1)C(=O)NNC(=O)c1cccc(S(=O)(=O)N(C)C)c1. The van der Waals surface area contributed by atoms with Crippen molar-refractivity contribution in [1.82, 2.24) is 20.5 Å². The van der Waals surface area contributed by atoms with E-state index < -0.39 is 27.9 Å². The van der Waals surface area contributed by atoms with Crippen LogP contribution in [-0.2, 0) is 19.6 Å². The molecule has 0 unspecified atom stereocenters. The van der Waals surface area contributed by atoms with Crippen molar-refractivity contribution in [2.45, 2.75) is 43.5 Å². The Bertz CT molecular complexity index is 847. The number of benzene rings is 1. The third kappa shape index (κ3) is 5.29. The highest BCUT2D eigenvalue weighted by Gasteiger charge is 2.25. The van der Waals surface area contributed by atoms with Crippen LogP contribution in [0.15, 0.2) is 29.2 Å². The molecule has 1 aliphatic carbocycles. The van der Waals surface area contributed by atoms with E-state index >= 15 is 0 Å². The first-order valence-electron chi connectivity index (χ1n) is 9.06. The van der Waals surface area contributed by atoms with E-state index in [1.165, 1.54) is 45.3 Å². The zero-order valence-corrected chi connectivity index (χ0v) is 17.0. The highest BCUT2D eigenvalue weighted by molar-refractivity contribution is 7.89. The number of sulfonamides is 1. The lowest BCUT2D eigenvalue weighted by molar-refractivity contribution is -0.131. The lowest BCUT2D eigenvalue weighted by Crippen LogP contribution is -2.51. The molecule has 0 aliphatic heterocycles. The van der Waals surface area contributed by atoms with Crippen molar-refractivity contribution in [1.29, 1.82) is 0 Å². The predicted molar refractivity (Wildman–Crippen MR) is 102 cm³/mol. The zero-order valence-electron chi connectivity index (χ0n) is 16.2. The van der Waals surface area contributed by atoms with E-state index in [2.05, 4.69) is 16.2 Å². The Labute approximate surface area is 164 Å². The molecule has 0 spiro atoms. The van der Waals surface area contributed by atoms with Crippen molar-refractivity contribution in [2.75, 3.05) is 14.1 Å². The van der Waals surface area contributed by atoms with E-state index in [4.69, 9.17) is 0 Å². The summed E-state index contributed by atoms with van der Waals surface area (Å²) in [6, 6.07) is 4.67. The van der Waals surface area contributed by atoms with Crippen LogP contribution in [0, 0.1) is 5.92 Å². The van der Waals surface area contributed by atoms with Gasteiger partial charge in [0.25, 0.3) is 11.8 Å². The molecular formula is C18H26N4O5S. The summed E-state index contributed by atoms with van der Waals surface area (Å²) in [5.41, 5.74) is 4.55. The standard InChI is InChI=1S/C18H26N4O5S/c1-12(19-17(24)13-7-4-5-8-13)16(23)20-21-18(25)14-9-6-10-15(11-14)28(26,27)22(2)3/h6,9-13H,4-5,7-8H2,1-3H3,(H,19,24)(H,20,23)(H,21,25)/t12-/m1/s1. The van der Waals surface area contributed by atoms with Gasteiger partial charge in [-0.2, -0.15) is 0 Å². The highest BCUT2D eigenvalue weighted by atomic mass is 32.2. The van der Waals surface area contributed by atoms with Gasteiger partial charge < -0.3 is 5.32 Å². The minimum Gasteiger partial charge on any atom is -0.344 e. The van der Waals surface area contributed by atoms with Gasteiger partial charge in [-0.15, -0.1) is 0 Å². The molecule has 10 heteroatoms. The number of rotatable bonds is 6. The average molecular weight is 410 g/mol. The molecule has 28 heavy (non-hydrogen) atoms. The number of carbonyl (C=O) groups is 3. The summed E-state index contributed by atoms with van der Waals surface area (Å²) in [5, 5.41) is 2.64. The molecule has 0 aromatic heterocycles. The molecule has 1 aliphatic rings. The third-order valence-corrected chi connectivity index (χ3v) is 6.46. The Hall–Kier alpha value is -2.46. The van der Waals surface area contributed by atoms with Crippen LogP contribution in [0.5, 0.6) is 0 Å². The van der Waals surface area contributed by atoms with Crippen LogP contribution in [0.2, 0.25) is 0 Å². The van der Waals surface area contributed by atoms with Gasteiger partial charge in [-0.3, -0.25) is 25.2 Å². The monoisotopic (exact) mass is 410 g/mol. The van der Waals surface area contributed by atoms with Gasteiger partial charge in [0.1, 0.15) is 6.04 Å². The Morgan fingerprint density at radius 3 is 2.36 bits per heavy atom. The molecule has 1 aromatic carbocycles. The van der Waals surface area contributed by atoms with E-state index in [1.807, 2.05) is 0 Å². The van der Waals surface area contributed by atoms with Crippen molar-refractivity contribution in [2.24, 2.45) is 5.92 Å². The number of hydrogen-bond acceptors (Lipinski definition) is 5. The van der Waals surface area contributed by atoms with Crippen LogP contribution in [0.4, 0.5) is 0 Å². The molecule has 0 bridgehead atoms. The lowest BCUT2D eigenvalue weighted by Gasteiger charge is -2.17. The number of nitrogens with one attached hydrogen (secondary N) is 3. The quantitative estimate of drug-likeness (QED) is 0.585. The molecule has 0 saturated heterocycles. The molecule has 1 fully saturated rings. The fourth-order valence-electron chi connectivity index (χ4n) is 2.89. The van der Waals surface area contributed by atoms with Gasteiger partial charge in [-0.1, -0.05) is 18.9 Å². The Morgan fingerprint density at radius 1 is 1.11 bits per heavy atom. The van der Waals surface area contributed by atoms with Crippen molar-refractivity contribution < 1.29 is 22.8 Å². The number of hydrazine groups is 1. The van der Waals surface area contributed by atoms with Crippen molar-refractivity contribution in [3.05, 3.63) is 29.8 Å². The average Bonchev–Trinajstić information content (AvgIpc) is 3.20. The largest absolute Gasteiger partial charge is 0.344 e. The summed E-state index contributed by atoms with van der Waals surface area (Å²) in [7, 11) is -0.896. The number of nitrogens with zero attached hydrogens (tertiary/aromatic N) is 1. The fraction of sp³-hybridized carbons (Fsp3) is 0.500. The topological polar surface area (TPSA) is 125 Å². The van der Waals surface area contributed by atoms with Crippen molar-refractivity contribution in [3.8, 4) is 0 Å². The van der Waals surface area contributed by atoms with Crippen LogP contribution in [0.25, 0.3) is 0 Å². The highest BCUT2D eigenvalue weighted by Crippen LogP contribution is 2.24. The van der Waals surface area contributed by atoms with E-state index in [9.17, 15) is 22.8 Å². The smallest absolute Gasteiger partial charge is 0.269 e. The first-order valence-corrected chi connectivity index (χ1v) is 10.5. The second kappa shape index (κ2) is 9.16. The second-order valence-corrected chi connectivity index (χ2v) is 9.12. The van der Waals surface area contributed by atoms with Gasteiger partial charge in [0.05, 0.1) is 4.90 Å². The molecule has 0 radical (unpaired) electrons. The van der Waals surface area contributed by atoms with Gasteiger partial charge in [-0.05, 0) is 38.0 Å². The zero-order chi connectivity index (χ0) is 20.9. The predicted octanol–water partition coefficient (Wildman–Crippen LogP) is 0.393. The normalized spacial score (nSPS) is 15.9. The van der Waals surface area contributed by atoms with E-state index in [0.29, 0.717) is 0 Å². The molecule has 154 valence electrons. The number of hydrogen-bond donors (Lipinski definition) is 3. The molecule has 3 amide bonds. The molecule has 1 atom stereocenters. The molecule has 2 rings (SSSR count). The maximum Gasteiger partial charge on any atom is 0.269 e. The summed E-state index contributed by atoms with van der Waals surface area (Å²) < 4.78 is 25.4. The summed E-state index contributed by atoms with van der Waals surface area (Å²) in [4.78, 5) is 36.4. The van der Waals surface area contributed by atoms with Gasteiger partial charge in [0.15, 0.2) is 0 Å². The first kappa shape index (κ1) is 21.8. The van der Waals surface area contributed by atoms with E-state index in [1.54, 1.807) is 0 Å². The second-order valence-electron chi connectivity index (χ2n) is 6.97. The molecule has 3 N–H and O–H groups in total. The van der Waals surface area contributed by atoms with E-state index in [-0.39, 0.29) is 22.3 Å². The minimum absolute atomic E-state index is 0.0336. The van der Waals surface area contributed by atoms with Crippen LogP contribution in [-0.4, -0.2) is 50.6 Å². The summed E-state index contributed by atoms with van der Waals surface area (Å²) in [6.45, 7) is 1.53. The molecule has 9 nitrogen and oxygen atoms in total. The fourth-order valence-corrected chi connectivity index (χ4v) is 3.84. The third-order valence-electron chi connectivity index (χ3n) is 4.65.